The van der Waals surface area contributed by atoms with Crippen LogP contribution in [0.15, 0.2) is 91.6 Å². The van der Waals surface area contributed by atoms with E-state index in [9.17, 15) is 28.6 Å². The first-order valence-corrected chi connectivity index (χ1v) is 21.3. The predicted octanol–water partition coefficient (Wildman–Crippen LogP) is 5.96. The van der Waals surface area contributed by atoms with E-state index in [4.69, 9.17) is 4.52 Å². The van der Waals surface area contributed by atoms with Crippen molar-refractivity contribution in [1.29, 1.82) is 0 Å². The number of Topliss-reactive ketones (excluding diaryl/α,β-unsaturated/α-hetero) is 1. The second-order valence-corrected chi connectivity index (χ2v) is 16.7. The number of aryl methyl sites for hydroxylation is 1. The van der Waals surface area contributed by atoms with Crippen LogP contribution in [0, 0.1) is 5.92 Å². The Kier molecular flexibility index (Phi) is 11.5. The van der Waals surface area contributed by atoms with Gasteiger partial charge >= 0.3 is 13.6 Å². The Morgan fingerprint density at radius 1 is 1.02 bits per heavy atom. The Bertz CT molecular complexity index is 2160. The van der Waals surface area contributed by atoms with E-state index in [0.29, 0.717) is 11.1 Å². The summed E-state index contributed by atoms with van der Waals surface area (Å²) in [5, 5.41) is 7.11. The fourth-order valence-corrected chi connectivity index (χ4v) is 8.35. The van der Waals surface area contributed by atoms with Crippen molar-refractivity contribution in [3.63, 3.8) is 0 Å². The summed E-state index contributed by atoms with van der Waals surface area (Å²) in [6, 6.07) is 20.6. The lowest BCUT2D eigenvalue weighted by Gasteiger charge is -2.55. The number of fused-ring (bicyclic) bond motifs is 2. The second-order valence-electron chi connectivity index (χ2n) is 14.9. The highest BCUT2D eigenvalue weighted by molar-refractivity contribution is 7.52. The summed E-state index contributed by atoms with van der Waals surface area (Å²) >= 11 is 0. The highest BCUT2D eigenvalue weighted by Crippen LogP contribution is 2.39. The molecule has 3 aliphatic rings. The zero-order valence-electron chi connectivity index (χ0n) is 31.9. The summed E-state index contributed by atoms with van der Waals surface area (Å²) in [6.45, 7) is 8.41. The number of urea groups is 1. The van der Waals surface area contributed by atoms with Crippen LogP contribution in [0.25, 0.3) is 10.9 Å². The first kappa shape index (κ1) is 39.0. The summed E-state index contributed by atoms with van der Waals surface area (Å²) < 4.78 is 19.2. The molecule has 1 aromatic heterocycles. The molecule has 1 saturated carbocycles. The van der Waals surface area contributed by atoms with Gasteiger partial charge in [-0.15, -0.1) is 6.58 Å². The number of para-hydroxylation sites is 1. The van der Waals surface area contributed by atoms with Crippen LogP contribution in [-0.4, -0.2) is 91.4 Å². The maximum absolute atomic E-state index is 14.8. The third-order valence-electron chi connectivity index (χ3n) is 10.6. The number of rotatable bonds is 15. The van der Waals surface area contributed by atoms with Crippen molar-refractivity contribution in [2.24, 2.45) is 5.92 Å². The molecule has 3 aromatic carbocycles. The van der Waals surface area contributed by atoms with E-state index >= 15 is 0 Å². The van der Waals surface area contributed by atoms with Crippen molar-refractivity contribution >= 4 is 42.1 Å². The van der Waals surface area contributed by atoms with Gasteiger partial charge < -0.3 is 29.1 Å². The lowest BCUT2D eigenvalue weighted by atomic mass is 9.97. The highest BCUT2D eigenvalue weighted by Gasteiger charge is 2.51. The predicted molar refractivity (Wildman–Crippen MR) is 213 cm³/mol. The summed E-state index contributed by atoms with van der Waals surface area (Å²) in [5.41, 5.74) is 4.09. The van der Waals surface area contributed by atoms with Crippen LogP contribution in [0.1, 0.15) is 59.7 Å². The summed E-state index contributed by atoms with van der Waals surface area (Å²) in [6.07, 6.45) is 6.57. The van der Waals surface area contributed by atoms with Gasteiger partial charge in [0.15, 0.2) is 5.78 Å². The molecule has 0 radical (unpaired) electrons. The quantitative estimate of drug-likeness (QED) is 0.0855. The van der Waals surface area contributed by atoms with Crippen molar-refractivity contribution in [3.05, 3.63) is 114 Å². The molecule has 3 unspecified atom stereocenters. The molecule has 56 heavy (non-hydrogen) atoms. The molecular weight excluding hydrogens is 731 g/mol. The molecule has 1 aliphatic carbocycles. The van der Waals surface area contributed by atoms with E-state index in [1.807, 2.05) is 54.7 Å². The number of unbranched alkanes of at least 4 members (excludes halogenated alkanes) is 1. The van der Waals surface area contributed by atoms with E-state index in [2.05, 4.69) is 23.4 Å². The van der Waals surface area contributed by atoms with Gasteiger partial charge in [-0.2, -0.15) is 0 Å². The van der Waals surface area contributed by atoms with Gasteiger partial charge in [0, 0.05) is 62.3 Å². The second kappa shape index (κ2) is 16.5. The molecule has 4 amide bonds. The number of benzene rings is 3. The van der Waals surface area contributed by atoms with Crippen molar-refractivity contribution in [2.45, 2.75) is 70.9 Å². The van der Waals surface area contributed by atoms with Crippen molar-refractivity contribution in [2.75, 3.05) is 26.3 Å². The molecule has 3 atom stereocenters. The average molecular weight is 781 g/mol. The van der Waals surface area contributed by atoms with Crippen molar-refractivity contribution in [3.8, 4) is 5.75 Å². The fourth-order valence-electron chi connectivity index (χ4n) is 7.84. The number of carbonyl (C=O) groups is 4. The normalized spacial score (nSPS) is 19.8. The van der Waals surface area contributed by atoms with E-state index in [0.717, 1.165) is 60.9 Å². The van der Waals surface area contributed by atoms with Crippen LogP contribution in [0.3, 0.4) is 0 Å². The van der Waals surface area contributed by atoms with E-state index in [-0.39, 0.29) is 68.4 Å². The zero-order chi connectivity index (χ0) is 39.6. The minimum absolute atomic E-state index is 0.0441. The molecule has 13 nitrogen and oxygen atoms in total. The molecule has 2 aliphatic heterocycles. The Morgan fingerprint density at radius 3 is 2.45 bits per heavy atom. The Labute approximate surface area is 327 Å². The molecule has 2 N–H and O–H groups in total. The number of piperazine rings is 1. The minimum atomic E-state index is -3.79. The molecule has 0 spiro atoms. The molecule has 294 valence electrons. The molecule has 14 heteroatoms. The third kappa shape index (κ3) is 8.45. The smallest absolute Gasteiger partial charge is 0.373 e. The number of hydrogen-bond acceptors (Lipinski definition) is 7. The van der Waals surface area contributed by atoms with Gasteiger partial charge in [-0.05, 0) is 48.1 Å². The van der Waals surface area contributed by atoms with Crippen LogP contribution in [0.2, 0.25) is 0 Å². The molecule has 0 bridgehead atoms. The molecule has 3 heterocycles. The maximum atomic E-state index is 14.8. The lowest BCUT2D eigenvalue weighted by Crippen LogP contribution is -2.76. The number of hydrogen-bond donors (Lipinski definition) is 2. The first-order valence-electron chi connectivity index (χ1n) is 19.3. The summed E-state index contributed by atoms with van der Waals surface area (Å²) in [4.78, 5) is 69.7. The van der Waals surface area contributed by atoms with Gasteiger partial charge in [-0.1, -0.05) is 80.1 Å². The monoisotopic (exact) mass is 780 g/mol. The van der Waals surface area contributed by atoms with Crippen LogP contribution in [-0.2, 0) is 40.2 Å². The molecule has 3 fully saturated rings. The number of aromatic nitrogens is 1. The van der Waals surface area contributed by atoms with Crippen LogP contribution in [0.4, 0.5) is 4.79 Å². The van der Waals surface area contributed by atoms with Gasteiger partial charge in [0.05, 0.1) is 18.6 Å². The number of ketones is 1. The van der Waals surface area contributed by atoms with Gasteiger partial charge in [0.1, 0.15) is 18.0 Å². The lowest BCUT2D eigenvalue weighted by molar-refractivity contribution is -0.189. The summed E-state index contributed by atoms with van der Waals surface area (Å²) in [7, 11) is -3.79. The highest BCUT2D eigenvalue weighted by atomic mass is 31.2. The number of nitrogens with zero attached hydrogens (tertiary/aromatic N) is 5. The first-order chi connectivity index (χ1) is 27.0. The minimum Gasteiger partial charge on any atom is -0.425 e. The van der Waals surface area contributed by atoms with E-state index < -0.39 is 25.8 Å². The van der Waals surface area contributed by atoms with Gasteiger partial charge in [-0.25, -0.2) is 19.4 Å². The number of nitrogens with one attached hydrogen (secondary N) is 1. The molecule has 7 rings (SSSR count). The number of hydrazine groups is 1. The molecule has 4 aromatic rings. The number of carbonyl (C=O) groups excluding carboxylic acids is 4. The van der Waals surface area contributed by atoms with E-state index in [1.54, 1.807) is 45.3 Å². The van der Waals surface area contributed by atoms with Crippen LogP contribution in [0.5, 0.6) is 5.75 Å². The molecule has 2 saturated heterocycles. The SMILES string of the molecule is C=CCN1CC(=O)N2C(Cc3ccc(OP(C)(=O)O)cc3)C(=O)N(Cc3cccc4c(C(=O)C5CC5)cn(CCCC)c34)CC2N1C(=O)NCc1ccccc1. The van der Waals surface area contributed by atoms with Gasteiger partial charge in [0.2, 0.25) is 11.8 Å². The summed E-state index contributed by atoms with van der Waals surface area (Å²) in [5.74, 6) is -0.164. The largest absolute Gasteiger partial charge is 0.425 e. The average Bonchev–Trinajstić information content (AvgIpc) is 3.96. The van der Waals surface area contributed by atoms with Crippen molar-refractivity contribution in [1.82, 2.24) is 29.7 Å². The Hall–Kier alpha value is -5.23. The topological polar surface area (TPSA) is 145 Å². The van der Waals surface area contributed by atoms with Crippen molar-refractivity contribution < 1.29 is 33.2 Å². The van der Waals surface area contributed by atoms with Gasteiger partial charge in [0.25, 0.3) is 0 Å². The Balaban J connectivity index is 1.27. The standard InChI is InChI=1S/C42H49N6O7P/c1-4-6-22-44-26-35(40(50)31-17-18-31)34-14-10-13-32(39(34)44)25-45-27-37-47(36(41(45)51)23-29-15-19-33(20-16-29)55-56(3,53)54)38(49)28-46(21-5-2)48(37)42(52)43-24-30-11-8-7-9-12-30/h5,7-16,19-20,26,31,36-37H,2,4,6,17-18,21-25,27-28H2,1,3H3,(H,43,52)(H,53,54). The molecular formula is C42H49N6O7P. The van der Waals surface area contributed by atoms with Crippen LogP contribution >= 0.6 is 7.60 Å². The number of amides is 4. The fraction of sp³-hybridized carbons (Fsp3) is 0.381. The zero-order valence-corrected chi connectivity index (χ0v) is 32.8. The van der Waals surface area contributed by atoms with E-state index in [1.165, 1.54) is 4.90 Å². The Morgan fingerprint density at radius 2 is 1.77 bits per heavy atom. The third-order valence-corrected chi connectivity index (χ3v) is 11.2. The van der Waals surface area contributed by atoms with Crippen LogP contribution < -0.4 is 9.84 Å². The maximum Gasteiger partial charge on any atom is 0.373 e. The van der Waals surface area contributed by atoms with Gasteiger partial charge in [-0.3, -0.25) is 14.4 Å².